The molecule has 0 radical (unpaired) electrons. The first kappa shape index (κ1) is 23.6. The van der Waals surface area contributed by atoms with Gasteiger partial charge in [0.2, 0.25) is 0 Å². The van der Waals surface area contributed by atoms with Crippen molar-refractivity contribution in [3.63, 3.8) is 0 Å². The molecule has 3 aliphatic rings. The maximum absolute atomic E-state index is 14.9. The second kappa shape index (κ2) is 8.13. The number of amides is 6. The van der Waals surface area contributed by atoms with Gasteiger partial charge in [0.1, 0.15) is 11.3 Å². The lowest BCUT2D eigenvalue weighted by Crippen LogP contribution is -2.52. The average molecular weight is 526 g/mol. The van der Waals surface area contributed by atoms with Crippen LogP contribution in [0.15, 0.2) is 28.7 Å². The van der Waals surface area contributed by atoms with Crippen LogP contribution in [0.1, 0.15) is 21.7 Å². The van der Waals surface area contributed by atoms with Gasteiger partial charge >= 0.3 is 12.1 Å². The minimum Gasteiger partial charge on any atom is -0.494 e. The van der Waals surface area contributed by atoms with Crippen molar-refractivity contribution in [2.24, 2.45) is 0 Å². The van der Waals surface area contributed by atoms with Gasteiger partial charge in [-0.25, -0.2) is 23.4 Å². The molecule has 0 aliphatic carbocycles. The van der Waals surface area contributed by atoms with Gasteiger partial charge in [0.15, 0.2) is 34.3 Å². The highest BCUT2D eigenvalue weighted by atomic mass is 19.1. The van der Waals surface area contributed by atoms with Gasteiger partial charge in [0.25, 0.3) is 11.8 Å². The minimum absolute atomic E-state index is 0.0399. The van der Waals surface area contributed by atoms with Crippen LogP contribution in [0.4, 0.5) is 24.2 Å². The fourth-order valence-corrected chi connectivity index (χ4v) is 5.00. The Morgan fingerprint density at radius 3 is 2.61 bits per heavy atom. The molecule has 5 heterocycles. The summed E-state index contributed by atoms with van der Waals surface area (Å²) < 4.78 is 40.5. The molecule has 0 unspecified atom stereocenters. The van der Waals surface area contributed by atoms with Gasteiger partial charge in [-0.05, 0) is 11.6 Å². The van der Waals surface area contributed by atoms with E-state index in [1.54, 1.807) is 13.1 Å². The number of likely N-dealkylation sites (N-methyl/N-ethyl adjacent to an activating group) is 1. The van der Waals surface area contributed by atoms with Crippen LogP contribution < -0.4 is 20.3 Å². The largest absolute Gasteiger partial charge is 0.494 e. The van der Waals surface area contributed by atoms with Gasteiger partial charge in [-0.1, -0.05) is 6.07 Å². The predicted molar refractivity (Wildman–Crippen MR) is 125 cm³/mol. The lowest BCUT2D eigenvalue weighted by atomic mass is 9.95. The fraction of sp³-hybridized carbons (Fsp3) is 0.292. The number of urea groups is 2. The normalized spacial score (nSPS) is 21.0. The standard InChI is InChI=1S/C24H20F2N6O6/c1-30-5-6-32(23(30)36)19-12(25)7-15-13(27-19)8-16(38-15)24(21(34)28-22(35)29-24)10-31-9-11-3-4-14(37-2)18(26)17(11)20(31)33/h3-4,7-8H,5-6,9-10H2,1-2H3,(H2,28,29,34,35)/t24-/m0/s1. The lowest BCUT2D eigenvalue weighted by molar-refractivity contribution is -0.125. The Bertz CT molecular complexity index is 1570. The molecule has 2 aromatic heterocycles. The number of methoxy groups -OCH3 is 1. The van der Waals surface area contributed by atoms with E-state index in [4.69, 9.17) is 9.15 Å². The second-order valence-electron chi connectivity index (χ2n) is 9.23. The number of nitrogens with one attached hydrogen (secondary N) is 2. The highest BCUT2D eigenvalue weighted by Crippen LogP contribution is 2.37. The summed E-state index contributed by atoms with van der Waals surface area (Å²) in [5.74, 6) is -3.60. The Hall–Kier alpha value is -4.75. The molecule has 6 amide bonds. The van der Waals surface area contributed by atoms with Crippen LogP contribution in [0.5, 0.6) is 5.75 Å². The van der Waals surface area contributed by atoms with Crippen LogP contribution in [0.3, 0.4) is 0 Å². The van der Waals surface area contributed by atoms with Crippen molar-refractivity contribution in [3.05, 3.63) is 52.8 Å². The molecule has 196 valence electrons. The zero-order valence-corrected chi connectivity index (χ0v) is 20.1. The summed E-state index contributed by atoms with van der Waals surface area (Å²) in [6.45, 7) is 0.172. The number of imide groups is 1. The Kier molecular flexibility index (Phi) is 5.06. The fourth-order valence-electron chi connectivity index (χ4n) is 5.00. The van der Waals surface area contributed by atoms with Crippen LogP contribution in [0.25, 0.3) is 11.1 Å². The number of nitrogens with zero attached hydrogens (tertiary/aromatic N) is 4. The molecule has 38 heavy (non-hydrogen) atoms. The van der Waals surface area contributed by atoms with Gasteiger partial charge in [-0.15, -0.1) is 0 Å². The third-order valence-corrected chi connectivity index (χ3v) is 6.98. The summed E-state index contributed by atoms with van der Waals surface area (Å²) in [6.07, 6.45) is 0. The zero-order chi connectivity index (χ0) is 26.9. The Morgan fingerprint density at radius 2 is 1.95 bits per heavy atom. The molecule has 2 saturated heterocycles. The molecule has 3 aromatic rings. The molecule has 6 rings (SSSR count). The van der Waals surface area contributed by atoms with Crippen LogP contribution in [0.2, 0.25) is 0 Å². The number of ether oxygens (including phenoxy) is 1. The highest BCUT2D eigenvalue weighted by Gasteiger charge is 2.53. The molecule has 1 aromatic carbocycles. The van der Waals surface area contributed by atoms with Crippen LogP contribution >= 0.6 is 0 Å². The van der Waals surface area contributed by atoms with Gasteiger partial charge in [0.05, 0.1) is 19.2 Å². The van der Waals surface area contributed by atoms with Gasteiger partial charge in [0, 0.05) is 38.8 Å². The Balaban J connectivity index is 1.39. The summed E-state index contributed by atoms with van der Waals surface area (Å²) in [7, 11) is 2.86. The first-order valence-corrected chi connectivity index (χ1v) is 11.5. The molecular formula is C24H20F2N6O6. The third-order valence-electron chi connectivity index (χ3n) is 6.98. The van der Waals surface area contributed by atoms with Gasteiger partial charge in [-0.2, -0.15) is 0 Å². The topological polar surface area (TPSA) is 137 Å². The van der Waals surface area contributed by atoms with E-state index in [9.17, 15) is 28.0 Å². The molecule has 3 aliphatic heterocycles. The van der Waals surface area contributed by atoms with E-state index in [0.717, 1.165) is 6.07 Å². The number of furan rings is 1. The first-order chi connectivity index (χ1) is 18.1. The zero-order valence-electron chi connectivity index (χ0n) is 20.1. The molecule has 0 spiro atoms. The van der Waals surface area contributed by atoms with Crippen LogP contribution in [-0.4, -0.2) is 72.5 Å². The van der Waals surface area contributed by atoms with E-state index in [1.165, 1.54) is 33.9 Å². The lowest BCUT2D eigenvalue weighted by Gasteiger charge is -2.28. The number of carbonyl (C=O) groups excluding carboxylic acids is 4. The van der Waals surface area contributed by atoms with Crippen molar-refractivity contribution in [2.45, 2.75) is 12.1 Å². The van der Waals surface area contributed by atoms with Crippen molar-refractivity contribution in [1.29, 1.82) is 0 Å². The number of carbonyl (C=O) groups is 4. The number of hydrogen-bond donors (Lipinski definition) is 2. The monoisotopic (exact) mass is 526 g/mol. The molecule has 14 heteroatoms. The van der Waals surface area contributed by atoms with Crippen molar-refractivity contribution in [3.8, 4) is 5.75 Å². The van der Waals surface area contributed by atoms with Gasteiger partial charge < -0.3 is 24.3 Å². The van der Waals surface area contributed by atoms with Gasteiger partial charge in [-0.3, -0.25) is 19.8 Å². The minimum atomic E-state index is -1.91. The number of anilines is 1. The maximum Gasteiger partial charge on any atom is 0.325 e. The number of benzene rings is 1. The smallest absolute Gasteiger partial charge is 0.325 e. The molecule has 12 nitrogen and oxygen atoms in total. The second-order valence-corrected chi connectivity index (χ2v) is 9.23. The van der Waals surface area contributed by atoms with E-state index in [1.807, 2.05) is 0 Å². The van der Waals surface area contributed by atoms with Crippen molar-refractivity contribution < 1.29 is 37.1 Å². The van der Waals surface area contributed by atoms with Crippen LogP contribution in [-0.2, 0) is 16.9 Å². The average Bonchev–Trinajstić information content (AvgIpc) is 3.60. The molecular weight excluding hydrogens is 506 g/mol. The molecule has 0 saturated carbocycles. The van der Waals surface area contributed by atoms with Crippen molar-refractivity contribution in [1.82, 2.24) is 25.4 Å². The number of fused-ring (bicyclic) bond motifs is 2. The summed E-state index contributed by atoms with van der Waals surface area (Å²) in [6, 6.07) is 4.05. The number of halogens is 2. The number of pyridine rings is 1. The van der Waals surface area contributed by atoms with E-state index in [0.29, 0.717) is 12.1 Å². The molecule has 2 N–H and O–H groups in total. The van der Waals surface area contributed by atoms with E-state index in [2.05, 4.69) is 15.6 Å². The van der Waals surface area contributed by atoms with Crippen molar-refractivity contribution in [2.75, 3.05) is 38.7 Å². The Morgan fingerprint density at radius 1 is 1.16 bits per heavy atom. The van der Waals surface area contributed by atoms with E-state index >= 15 is 0 Å². The molecule has 1 atom stereocenters. The summed E-state index contributed by atoms with van der Waals surface area (Å²) in [4.78, 5) is 58.9. The summed E-state index contributed by atoms with van der Waals surface area (Å²) >= 11 is 0. The number of hydrogen-bond acceptors (Lipinski definition) is 7. The Labute approximate surface area is 213 Å². The van der Waals surface area contributed by atoms with Crippen molar-refractivity contribution >= 4 is 40.8 Å². The van der Waals surface area contributed by atoms with E-state index < -0.39 is 47.6 Å². The third kappa shape index (κ3) is 3.29. The summed E-state index contributed by atoms with van der Waals surface area (Å²) in [5, 5.41) is 4.64. The van der Waals surface area contributed by atoms with Crippen LogP contribution in [0, 0.1) is 11.6 Å². The summed E-state index contributed by atoms with van der Waals surface area (Å²) in [5.41, 5.74) is -1.63. The number of aromatic nitrogens is 1. The predicted octanol–water partition coefficient (Wildman–Crippen LogP) is 1.68. The molecule has 0 bridgehead atoms. The quantitative estimate of drug-likeness (QED) is 0.483. The van der Waals surface area contributed by atoms with E-state index in [-0.39, 0.29) is 47.1 Å². The SMILES string of the molecule is COc1ccc2c(c1F)C(=O)N(C[C@@]1(c3cc4nc(N5CCN(C)C5=O)c(F)cc4o3)NC(=O)NC1=O)C2. The molecule has 2 fully saturated rings. The number of rotatable bonds is 5. The maximum atomic E-state index is 14.9. The highest BCUT2D eigenvalue weighted by molar-refractivity contribution is 6.08. The first-order valence-electron chi connectivity index (χ1n) is 11.5.